The Morgan fingerprint density at radius 1 is 1.00 bits per heavy atom. The van der Waals surface area contributed by atoms with Crippen LogP contribution in [0.1, 0.15) is 5.56 Å². The Hall–Kier alpha value is -1.46. The summed E-state index contributed by atoms with van der Waals surface area (Å²) >= 11 is 0. The number of rotatable bonds is 3. The van der Waals surface area contributed by atoms with E-state index < -0.39 is 0 Å². The fraction of sp³-hybridized carbons (Fsp3) is 0.200. The fourth-order valence-electron chi connectivity index (χ4n) is 2.13. The Morgan fingerprint density at radius 2 is 1.75 bits per heavy atom. The molecule has 0 atom stereocenters. The summed E-state index contributed by atoms with van der Waals surface area (Å²) in [6.45, 7) is 4.93. The van der Waals surface area contributed by atoms with Gasteiger partial charge in [0.1, 0.15) is 0 Å². The van der Waals surface area contributed by atoms with E-state index in [1.54, 1.807) is 0 Å². The molecule has 4 nitrogen and oxygen atoms in total. The third-order valence-corrected chi connectivity index (χ3v) is 3.06. The first-order valence-corrected chi connectivity index (χ1v) is 6.26. The maximum atomic E-state index is 3.45. The zero-order valence-electron chi connectivity index (χ0n) is 11.5. The summed E-state index contributed by atoms with van der Waals surface area (Å²) in [6.07, 6.45) is 8.16. The van der Waals surface area contributed by atoms with Crippen molar-refractivity contribution in [2.75, 3.05) is 19.0 Å². The number of nitrogens with zero attached hydrogens (tertiary/aromatic N) is 4. The summed E-state index contributed by atoms with van der Waals surface area (Å²) in [7, 11) is 4.04. The minimum Gasteiger partial charge on any atom is -0.511 e. The van der Waals surface area contributed by atoms with Crippen molar-refractivity contribution in [3.63, 3.8) is 0 Å². The van der Waals surface area contributed by atoms with Crippen molar-refractivity contribution in [1.29, 1.82) is 0 Å². The second kappa shape index (κ2) is 6.32. The monoisotopic (exact) mass is 445 g/mol. The Labute approximate surface area is 134 Å². The molecule has 0 bridgehead atoms. The van der Waals surface area contributed by atoms with E-state index in [9.17, 15) is 0 Å². The van der Waals surface area contributed by atoms with Gasteiger partial charge in [-0.05, 0) is 45.4 Å². The van der Waals surface area contributed by atoms with E-state index in [1.165, 1.54) is 5.56 Å². The molecule has 0 fully saturated rings. The average molecular weight is 444 g/mol. The van der Waals surface area contributed by atoms with E-state index in [2.05, 4.69) is 46.9 Å². The molecule has 0 aromatic heterocycles. The second-order valence-corrected chi connectivity index (χ2v) is 4.80. The molecule has 0 N–H and O–H groups in total. The number of hydrogen-bond donors (Lipinski definition) is 0. The minimum atomic E-state index is 0. The van der Waals surface area contributed by atoms with Gasteiger partial charge in [0.05, 0.1) is 0 Å². The maximum Gasteiger partial charge on any atom is 0 e. The Kier molecular flexibility index (Phi) is 4.72. The quantitative estimate of drug-likeness (QED) is 0.664. The van der Waals surface area contributed by atoms with Crippen LogP contribution in [-0.4, -0.2) is 28.8 Å². The minimum absolute atomic E-state index is 0. The first-order valence-electron chi connectivity index (χ1n) is 6.26. The molecule has 0 saturated heterocycles. The zero-order valence-corrected chi connectivity index (χ0v) is 14.1. The van der Waals surface area contributed by atoms with E-state index in [0.717, 1.165) is 12.2 Å². The van der Waals surface area contributed by atoms with Gasteiger partial charge in [-0.3, -0.25) is 0 Å². The van der Waals surface area contributed by atoms with Gasteiger partial charge in [-0.2, -0.15) is 37.6 Å². The topological polar surface area (TPSA) is 13.0 Å². The van der Waals surface area contributed by atoms with Crippen LogP contribution in [-0.2, 0) is 26.3 Å². The molecule has 2 heterocycles. The average Bonchev–Trinajstić information content (AvgIpc) is 2.99. The van der Waals surface area contributed by atoms with Gasteiger partial charge >= 0.3 is 0 Å². The molecule has 0 amide bonds. The fourth-order valence-corrected chi connectivity index (χ4v) is 2.13. The SMILES string of the molecule is CN1C=CN(Cc2[c-]c(N3C=CN(C)[CH-]3)ccc2)[CH-]1.[Os]. The van der Waals surface area contributed by atoms with E-state index in [-0.39, 0.29) is 19.8 Å². The van der Waals surface area contributed by atoms with E-state index in [0.29, 0.717) is 0 Å². The van der Waals surface area contributed by atoms with Gasteiger partial charge in [0, 0.05) is 19.8 Å². The molecule has 0 aliphatic carbocycles. The largest absolute Gasteiger partial charge is 0.511 e. The van der Waals surface area contributed by atoms with Crippen LogP contribution in [0.5, 0.6) is 0 Å². The van der Waals surface area contributed by atoms with Crippen molar-refractivity contribution in [3.05, 3.63) is 68.0 Å². The van der Waals surface area contributed by atoms with Gasteiger partial charge in [-0.25, -0.2) is 0 Å². The molecule has 1 aromatic rings. The molecule has 0 saturated carbocycles. The summed E-state index contributed by atoms with van der Waals surface area (Å²) < 4.78 is 0. The van der Waals surface area contributed by atoms with Gasteiger partial charge in [-0.1, -0.05) is 0 Å². The standard InChI is InChI=1S/C15H17N4.Os/c1-16-6-8-18(12-16)11-14-4-3-5-15(10-14)19-9-7-17(2)13-19;/h3-9,12-13H,11H2,1-2H3;/q-3;. The van der Waals surface area contributed by atoms with E-state index in [1.807, 2.05) is 49.2 Å². The van der Waals surface area contributed by atoms with Crippen LogP contribution in [0, 0.1) is 19.4 Å². The van der Waals surface area contributed by atoms with Crippen LogP contribution >= 0.6 is 0 Å². The molecule has 2 aliphatic rings. The number of anilines is 1. The van der Waals surface area contributed by atoms with Crippen molar-refractivity contribution < 1.29 is 19.8 Å². The normalized spacial score (nSPS) is 17.1. The van der Waals surface area contributed by atoms with Crippen molar-refractivity contribution in [1.82, 2.24) is 14.7 Å². The maximum absolute atomic E-state index is 3.45. The first-order chi connectivity index (χ1) is 9.20. The molecule has 5 heteroatoms. The van der Waals surface area contributed by atoms with Crippen molar-refractivity contribution >= 4 is 5.69 Å². The Morgan fingerprint density at radius 3 is 2.40 bits per heavy atom. The molecular weight excluding hydrogens is 426 g/mol. The van der Waals surface area contributed by atoms with Crippen LogP contribution in [0.4, 0.5) is 5.69 Å². The van der Waals surface area contributed by atoms with Gasteiger partial charge in [0.25, 0.3) is 0 Å². The third kappa shape index (κ3) is 3.35. The van der Waals surface area contributed by atoms with Crippen LogP contribution in [0.15, 0.2) is 43.0 Å². The van der Waals surface area contributed by atoms with E-state index in [4.69, 9.17) is 0 Å². The summed E-state index contributed by atoms with van der Waals surface area (Å²) in [5.74, 6) is 0. The van der Waals surface area contributed by atoms with Crippen LogP contribution in [0.2, 0.25) is 0 Å². The predicted molar refractivity (Wildman–Crippen MR) is 75.7 cm³/mol. The molecule has 3 rings (SSSR count). The molecule has 0 unspecified atom stereocenters. The summed E-state index contributed by atoms with van der Waals surface area (Å²) in [5, 5.41) is 0. The second-order valence-electron chi connectivity index (χ2n) is 4.80. The molecule has 20 heavy (non-hydrogen) atoms. The van der Waals surface area contributed by atoms with Crippen molar-refractivity contribution in [3.8, 4) is 0 Å². The Balaban J connectivity index is 0.00000147. The molecule has 0 radical (unpaired) electrons. The summed E-state index contributed by atoms with van der Waals surface area (Å²) in [5.41, 5.74) is 2.24. The van der Waals surface area contributed by atoms with Crippen LogP contribution < -0.4 is 4.90 Å². The molecular formula is C15H17N4Os-3. The van der Waals surface area contributed by atoms with E-state index >= 15 is 0 Å². The van der Waals surface area contributed by atoms with Crippen molar-refractivity contribution in [2.24, 2.45) is 0 Å². The number of benzene rings is 1. The smallest absolute Gasteiger partial charge is 0 e. The first kappa shape index (κ1) is 14.9. The summed E-state index contributed by atoms with van der Waals surface area (Å²) in [6, 6.07) is 9.70. The Bertz CT molecular complexity index is 514. The molecule has 0 spiro atoms. The summed E-state index contributed by atoms with van der Waals surface area (Å²) in [4.78, 5) is 8.27. The van der Waals surface area contributed by atoms with Gasteiger partial charge in [0.15, 0.2) is 0 Å². The van der Waals surface area contributed by atoms with Gasteiger partial charge in [0.2, 0.25) is 0 Å². The van der Waals surface area contributed by atoms with Gasteiger partial charge < -0.3 is 19.6 Å². The zero-order chi connectivity index (χ0) is 13.2. The predicted octanol–water partition coefficient (Wildman–Crippen LogP) is 2.16. The molecule has 2 aliphatic heterocycles. The third-order valence-electron chi connectivity index (χ3n) is 3.06. The molecule has 108 valence electrons. The van der Waals surface area contributed by atoms with Crippen LogP contribution in [0.25, 0.3) is 0 Å². The van der Waals surface area contributed by atoms with Gasteiger partial charge in [-0.15, -0.1) is 11.3 Å². The van der Waals surface area contributed by atoms with Crippen LogP contribution in [0.3, 0.4) is 0 Å². The van der Waals surface area contributed by atoms with Crippen molar-refractivity contribution in [2.45, 2.75) is 6.54 Å². The molecule has 1 aromatic carbocycles. The number of hydrogen-bond acceptors (Lipinski definition) is 4.